The van der Waals surface area contributed by atoms with Crippen molar-refractivity contribution in [2.24, 2.45) is 5.84 Å². The molecule has 8 heteroatoms. The van der Waals surface area contributed by atoms with E-state index in [2.05, 4.69) is 33.0 Å². The van der Waals surface area contributed by atoms with Gasteiger partial charge in [0, 0.05) is 9.64 Å². The van der Waals surface area contributed by atoms with E-state index in [0.29, 0.717) is 5.75 Å². The summed E-state index contributed by atoms with van der Waals surface area (Å²) in [6, 6.07) is 8.44. The van der Waals surface area contributed by atoms with Crippen molar-refractivity contribution in [3.05, 3.63) is 45.5 Å². The van der Waals surface area contributed by atoms with Gasteiger partial charge in [0.2, 0.25) is 5.88 Å². The van der Waals surface area contributed by atoms with Crippen molar-refractivity contribution in [2.75, 3.05) is 5.43 Å². The highest BCUT2D eigenvalue weighted by molar-refractivity contribution is 14.1. The van der Waals surface area contributed by atoms with Crippen molar-refractivity contribution in [2.45, 2.75) is 6.18 Å². The first-order valence-electron chi connectivity index (χ1n) is 5.38. The molecule has 1 heterocycles. The monoisotopic (exact) mass is 395 g/mol. The van der Waals surface area contributed by atoms with E-state index in [9.17, 15) is 13.2 Å². The molecule has 1 aromatic carbocycles. The number of nitrogen functional groups attached to an aromatic ring is 1. The van der Waals surface area contributed by atoms with E-state index in [1.54, 1.807) is 24.3 Å². The van der Waals surface area contributed by atoms with E-state index >= 15 is 0 Å². The lowest BCUT2D eigenvalue weighted by atomic mass is 10.2. The molecule has 0 fully saturated rings. The Labute approximate surface area is 126 Å². The van der Waals surface area contributed by atoms with Crippen LogP contribution >= 0.6 is 22.6 Å². The molecule has 0 saturated carbocycles. The van der Waals surface area contributed by atoms with Crippen LogP contribution in [0.15, 0.2) is 36.4 Å². The van der Waals surface area contributed by atoms with Crippen LogP contribution in [0.2, 0.25) is 0 Å². The summed E-state index contributed by atoms with van der Waals surface area (Å²) in [7, 11) is 0. The summed E-state index contributed by atoms with van der Waals surface area (Å²) in [6.45, 7) is 0. The van der Waals surface area contributed by atoms with Crippen LogP contribution in [0.1, 0.15) is 5.56 Å². The zero-order valence-electron chi connectivity index (χ0n) is 9.91. The first-order chi connectivity index (χ1) is 9.38. The van der Waals surface area contributed by atoms with Gasteiger partial charge in [0.05, 0.1) is 5.56 Å². The van der Waals surface area contributed by atoms with Crippen molar-refractivity contribution in [3.63, 3.8) is 0 Å². The number of nitrogens with one attached hydrogen (secondary N) is 1. The highest BCUT2D eigenvalue weighted by atomic mass is 127. The molecule has 0 aliphatic rings. The second-order valence-corrected chi connectivity index (χ2v) is 5.02. The van der Waals surface area contributed by atoms with Gasteiger partial charge < -0.3 is 10.2 Å². The van der Waals surface area contributed by atoms with Crippen LogP contribution < -0.4 is 16.0 Å². The number of benzene rings is 1. The zero-order valence-corrected chi connectivity index (χ0v) is 12.1. The molecule has 4 nitrogen and oxygen atoms in total. The molecule has 0 unspecified atom stereocenters. The molecule has 0 atom stereocenters. The fourth-order valence-corrected chi connectivity index (χ4v) is 1.78. The minimum absolute atomic E-state index is 0.125. The molecule has 3 N–H and O–H groups in total. The maximum absolute atomic E-state index is 12.7. The lowest BCUT2D eigenvalue weighted by Gasteiger charge is -2.11. The zero-order chi connectivity index (χ0) is 14.8. The molecule has 0 saturated heterocycles. The van der Waals surface area contributed by atoms with E-state index in [1.165, 1.54) is 0 Å². The third-order valence-corrected chi connectivity index (χ3v) is 3.03. The molecule has 0 spiro atoms. The number of hydrogen-bond donors (Lipinski definition) is 2. The molecular weight excluding hydrogens is 386 g/mol. The average Bonchev–Trinajstić information content (AvgIpc) is 2.40. The van der Waals surface area contributed by atoms with Crippen LogP contribution in [0, 0.1) is 3.57 Å². The Hall–Kier alpha value is -1.55. The highest BCUT2D eigenvalue weighted by Gasteiger charge is 2.32. The number of hydrazine groups is 1. The normalized spacial score (nSPS) is 11.2. The lowest BCUT2D eigenvalue weighted by Crippen LogP contribution is -2.12. The largest absolute Gasteiger partial charge is 0.439 e. The number of aromatic nitrogens is 1. The molecule has 0 aliphatic carbocycles. The fraction of sp³-hybridized carbons (Fsp3) is 0.0833. The molecule has 106 valence electrons. The van der Waals surface area contributed by atoms with Crippen LogP contribution in [0.5, 0.6) is 11.6 Å². The number of halogens is 4. The number of alkyl halides is 3. The summed E-state index contributed by atoms with van der Waals surface area (Å²) in [5.74, 6) is 5.19. The van der Waals surface area contributed by atoms with Gasteiger partial charge in [0.25, 0.3) is 0 Å². The molecule has 0 amide bonds. The topological polar surface area (TPSA) is 60.2 Å². The lowest BCUT2D eigenvalue weighted by molar-refractivity contribution is -0.137. The molecule has 2 aromatic rings. The molecule has 20 heavy (non-hydrogen) atoms. The van der Waals surface area contributed by atoms with E-state index < -0.39 is 11.7 Å². The first-order valence-corrected chi connectivity index (χ1v) is 6.45. The van der Waals surface area contributed by atoms with E-state index in [4.69, 9.17) is 10.6 Å². The van der Waals surface area contributed by atoms with E-state index in [-0.39, 0.29) is 11.7 Å². The van der Waals surface area contributed by atoms with Gasteiger partial charge in [0.1, 0.15) is 11.6 Å². The standard InChI is InChI=1S/C12H9F3IN3O/c13-12(14,15)7-5-10(19-17)18-11(6-7)20-9-3-1-8(16)2-4-9/h1-6H,17H2,(H,18,19). The Bertz CT molecular complexity index is 602. The van der Waals surface area contributed by atoms with E-state index in [1.807, 2.05) is 0 Å². The van der Waals surface area contributed by atoms with Gasteiger partial charge in [-0.2, -0.15) is 18.2 Å². The summed E-state index contributed by atoms with van der Waals surface area (Å²) in [5, 5.41) is 0. The summed E-state index contributed by atoms with van der Waals surface area (Å²) < 4.78 is 44.5. The van der Waals surface area contributed by atoms with Gasteiger partial charge in [-0.3, -0.25) is 0 Å². The van der Waals surface area contributed by atoms with Crippen LogP contribution in [-0.2, 0) is 6.18 Å². The van der Waals surface area contributed by atoms with E-state index in [0.717, 1.165) is 15.7 Å². The summed E-state index contributed by atoms with van der Waals surface area (Å²) in [6.07, 6.45) is -4.50. The van der Waals surface area contributed by atoms with Crippen molar-refractivity contribution in [1.29, 1.82) is 0 Å². The predicted octanol–water partition coefficient (Wildman–Crippen LogP) is 3.78. The third-order valence-electron chi connectivity index (χ3n) is 2.31. The number of nitrogens with zero attached hydrogens (tertiary/aromatic N) is 1. The van der Waals surface area contributed by atoms with Crippen LogP contribution in [0.4, 0.5) is 19.0 Å². The quantitative estimate of drug-likeness (QED) is 0.472. The number of hydrogen-bond acceptors (Lipinski definition) is 4. The second kappa shape index (κ2) is 5.83. The SMILES string of the molecule is NNc1cc(C(F)(F)F)cc(Oc2ccc(I)cc2)n1. The number of rotatable bonds is 3. The number of anilines is 1. The molecule has 2 rings (SSSR count). The van der Waals surface area contributed by atoms with Gasteiger partial charge in [-0.05, 0) is 52.9 Å². The van der Waals surface area contributed by atoms with Crippen LogP contribution in [0.25, 0.3) is 0 Å². The smallest absolute Gasteiger partial charge is 0.416 e. The van der Waals surface area contributed by atoms with Gasteiger partial charge >= 0.3 is 6.18 Å². The molecule has 0 bridgehead atoms. The average molecular weight is 395 g/mol. The van der Waals surface area contributed by atoms with Crippen molar-refractivity contribution in [1.82, 2.24) is 4.98 Å². The Kier molecular flexibility index (Phi) is 4.33. The minimum atomic E-state index is -4.50. The summed E-state index contributed by atoms with van der Waals surface area (Å²) >= 11 is 2.11. The number of nitrogens with two attached hydrogens (primary N) is 1. The summed E-state index contributed by atoms with van der Waals surface area (Å²) in [4.78, 5) is 3.82. The van der Waals surface area contributed by atoms with Gasteiger partial charge in [-0.25, -0.2) is 5.84 Å². The molecule has 0 radical (unpaired) electrons. The maximum Gasteiger partial charge on any atom is 0.416 e. The minimum Gasteiger partial charge on any atom is -0.439 e. The Morgan fingerprint density at radius 3 is 2.35 bits per heavy atom. The number of pyridine rings is 1. The Morgan fingerprint density at radius 1 is 1.15 bits per heavy atom. The van der Waals surface area contributed by atoms with Gasteiger partial charge in [-0.1, -0.05) is 0 Å². The van der Waals surface area contributed by atoms with Crippen LogP contribution in [-0.4, -0.2) is 4.98 Å². The molecular formula is C12H9F3IN3O. The third kappa shape index (κ3) is 3.73. The Balaban J connectivity index is 2.33. The molecule has 0 aliphatic heterocycles. The second-order valence-electron chi connectivity index (χ2n) is 3.78. The molecule has 1 aromatic heterocycles. The van der Waals surface area contributed by atoms with Gasteiger partial charge in [0.15, 0.2) is 0 Å². The predicted molar refractivity (Wildman–Crippen MR) is 76.3 cm³/mol. The summed E-state index contributed by atoms with van der Waals surface area (Å²) in [5.41, 5.74) is 1.19. The first kappa shape index (κ1) is 14.9. The van der Waals surface area contributed by atoms with Crippen LogP contribution in [0.3, 0.4) is 0 Å². The fourth-order valence-electron chi connectivity index (χ4n) is 1.42. The van der Waals surface area contributed by atoms with Crippen molar-refractivity contribution < 1.29 is 17.9 Å². The maximum atomic E-state index is 12.7. The Morgan fingerprint density at radius 2 is 1.80 bits per heavy atom. The van der Waals surface area contributed by atoms with Crippen molar-refractivity contribution >= 4 is 28.4 Å². The van der Waals surface area contributed by atoms with Crippen molar-refractivity contribution in [3.8, 4) is 11.6 Å². The highest BCUT2D eigenvalue weighted by Crippen LogP contribution is 2.33. The number of ether oxygens (including phenoxy) is 1. The van der Waals surface area contributed by atoms with Gasteiger partial charge in [-0.15, -0.1) is 0 Å².